The summed E-state index contributed by atoms with van der Waals surface area (Å²) in [6, 6.07) is 6.19. The Balaban J connectivity index is 1.67. The van der Waals surface area contributed by atoms with E-state index in [0.717, 1.165) is 12.8 Å². The summed E-state index contributed by atoms with van der Waals surface area (Å²) in [6.07, 6.45) is 5.07. The summed E-state index contributed by atoms with van der Waals surface area (Å²) in [4.78, 5) is 14.9. The number of fused-ring (bicyclic) bond motifs is 2. The van der Waals surface area contributed by atoms with Crippen LogP contribution < -0.4 is 11.5 Å². The smallest absolute Gasteiger partial charge is 0.181 e. The first-order valence-corrected chi connectivity index (χ1v) is 7.94. The molecule has 5 nitrogen and oxygen atoms in total. The fraction of sp³-hybridized carbons (Fsp3) is 0.529. The molecule has 0 aliphatic carbocycles. The van der Waals surface area contributed by atoms with Gasteiger partial charge in [0.15, 0.2) is 5.78 Å². The summed E-state index contributed by atoms with van der Waals surface area (Å²) in [5.74, 6) is 0.273. The van der Waals surface area contributed by atoms with Crippen LogP contribution in [0.25, 0.3) is 0 Å². The molecule has 2 atom stereocenters. The molecule has 1 aromatic rings. The quantitative estimate of drug-likeness (QED) is 0.585. The molecular weight excluding hydrogens is 276 g/mol. The molecule has 1 aromatic carbocycles. The van der Waals surface area contributed by atoms with Gasteiger partial charge in [-0.05, 0) is 56.8 Å². The highest BCUT2D eigenvalue weighted by Crippen LogP contribution is 2.38. The van der Waals surface area contributed by atoms with E-state index in [1.807, 2.05) is 0 Å². The summed E-state index contributed by atoms with van der Waals surface area (Å²) < 4.78 is 0. The third kappa shape index (κ3) is 2.73. The third-order valence-corrected chi connectivity index (χ3v) is 5.30. The number of nitrogens with zero attached hydrogens (tertiary/aromatic N) is 1. The Morgan fingerprint density at radius 3 is 2.55 bits per heavy atom. The highest BCUT2D eigenvalue weighted by atomic mass is 16.1. The third-order valence-electron chi connectivity index (χ3n) is 5.30. The predicted octanol–water partition coefficient (Wildman–Crippen LogP) is 2.05. The molecule has 3 rings (SSSR count). The fourth-order valence-corrected chi connectivity index (χ4v) is 4.00. The largest absolute Gasteiger partial charge is 0.399 e. The molecular formula is C17H24N4O. The minimum atomic E-state index is -0.119. The zero-order chi connectivity index (χ0) is 15.9. The van der Waals surface area contributed by atoms with Crippen molar-refractivity contribution in [2.75, 3.05) is 18.5 Å². The standard InChI is InChI=1S/C17H24N4O/c1-21-12-3-4-13(21)7-10(6-12)8-16(22)17(20)14-9-11(18)2-5-15(14)19/h2,5,9-10,12-13,20H,3-4,6-8,18-19H2,1H3. The molecule has 2 aliphatic rings. The van der Waals surface area contributed by atoms with Gasteiger partial charge < -0.3 is 16.4 Å². The average Bonchev–Trinajstić information content (AvgIpc) is 2.71. The van der Waals surface area contributed by atoms with Crippen LogP contribution in [0.4, 0.5) is 11.4 Å². The van der Waals surface area contributed by atoms with Gasteiger partial charge in [0.2, 0.25) is 0 Å². The van der Waals surface area contributed by atoms with Crippen LogP contribution >= 0.6 is 0 Å². The van der Waals surface area contributed by atoms with Crippen molar-refractivity contribution in [3.63, 3.8) is 0 Å². The van der Waals surface area contributed by atoms with Crippen LogP contribution in [0.1, 0.15) is 37.7 Å². The number of ketones is 1. The maximum Gasteiger partial charge on any atom is 0.181 e. The van der Waals surface area contributed by atoms with Gasteiger partial charge in [-0.15, -0.1) is 0 Å². The van der Waals surface area contributed by atoms with Gasteiger partial charge in [0, 0.05) is 35.4 Å². The number of hydrogen-bond acceptors (Lipinski definition) is 5. The predicted molar refractivity (Wildman–Crippen MR) is 89.0 cm³/mol. The lowest BCUT2D eigenvalue weighted by molar-refractivity contribution is -0.114. The lowest BCUT2D eigenvalue weighted by Crippen LogP contribution is -2.40. The topological polar surface area (TPSA) is 96.2 Å². The van der Waals surface area contributed by atoms with E-state index in [0.29, 0.717) is 41.4 Å². The number of hydrogen-bond donors (Lipinski definition) is 3. The van der Waals surface area contributed by atoms with Gasteiger partial charge in [-0.25, -0.2) is 0 Å². The summed E-state index contributed by atoms with van der Waals surface area (Å²) >= 11 is 0. The van der Waals surface area contributed by atoms with Crippen molar-refractivity contribution in [1.82, 2.24) is 4.90 Å². The first-order valence-electron chi connectivity index (χ1n) is 7.94. The van der Waals surface area contributed by atoms with E-state index < -0.39 is 0 Å². The van der Waals surface area contributed by atoms with Crippen LogP contribution in [0.5, 0.6) is 0 Å². The summed E-state index contributed by atoms with van der Waals surface area (Å²) in [7, 11) is 2.19. The van der Waals surface area contributed by atoms with Gasteiger partial charge in [-0.3, -0.25) is 10.2 Å². The number of piperidine rings is 1. The van der Waals surface area contributed by atoms with Crippen LogP contribution in [-0.2, 0) is 4.79 Å². The van der Waals surface area contributed by atoms with Gasteiger partial charge in [-0.2, -0.15) is 0 Å². The molecule has 0 saturated carbocycles. The van der Waals surface area contributed by atoms with E-state index >= 15 is 0 Å². The summed E-state index contributed by atoms with van der Waals surface area (Å²) in [5, 5.41) is 8.15. The van der Waals surface area contributed by atoms with Gasteiger partial charge in [-0.1, -0.05) is 0 Å². The second kappa shape index (κ2) is 5.72. The number of nitrogen functional groups attached to an aromatic ring is 2. The Hall–Kier alpha value is -1.88. The van der Waals surface area contributed by atoms with Crippen LogP contribution in [-0.4, -0.2) is 35.5 Å². The number of nitrogens with two attached hydrogens (primary N) is 2. The van der Waals surface area contributed by atoms with Crippen molar-refractivity contribution in [3.8, 4) is 0 Å². The lowest BCUT2D eigenvalue weighted by atomic mass is 9.85. The Labute approximate surface area is 131 Å². The van der Waals surface area contributed by atoms with Crippen molar-refractivity contribution in [3.05, 3.63) is 23.8 Å². The van der Waals surface area contributed by atoms with E-state index in [1.165, 1.54) is 12.8 Å². The molecule has 2 saturated heterocycles. The lowest BCUT2D eigenvalue weighted by Gasteiger charge is -2.36. The molecule has 5 N–H and O–H groups in total. The first kappa shape index (κ1) is 15.0. The highest BCUT2D eigenvalue weighted by Gasteiger charge is 2.39. The van der Waals surface area contributed by atoms with E-state index in [1.54, 1.807) is 18.2 Å². The van der Waals surface area contributed by atoms with E-state index in [2.05, 4.69) is 11.9 Å². The first-order chi connectivity index (χ1) is 10.5. The molecule has 22 heavy (non-hydrogen) atoms. The van der Waals surface area contributed by atoms with E-state index in [4.69, 9.17) is 16.9 Å². The molecule has 118 valence electrons. The van der Waals surface area contributed by atoms with Gasteiger partial charge >= 0.3 is 0 Å². The minimum absolute atomic E-state index is 0.00363. The molecule has 0 aromatic heterocycles. The van der Waals surface area contributed by atoms with Crippen molar-refractivity contribution < 1.29 is 4.79 Å². The second-order valence-electron chi connectivity index (χ2n) is 6.74. The van der Waals surface area contributed by atoms with Crippen LogP contribution in [0, 0.1) is 11.3 Å². The summed E-state index contributed by atoms with van der Waals surface area (Å²) in [5.41, 5.74) is 13.0. The Morgan fingerprint density at radius 1 is 1.27 bits per heavy atom. The molecule has 0 spiro atoms. The molecule has 0 radical (unpaired) electrons. The SMILES string of the molecule is CN1C2CCC1CC(CC(=O)C(=N)c1cc(N)ccc1N)C2. The van der Waals surface area contributed by atoms with E-state index in [-0.39, 0.29) is 11.5 Å². The number of carbonyl (C=O) groups excluding carboxylic acids is 1. The molecule has 5 heteroatoms. The second-order valence-corrected chi connectivity index (χ2v) is 6.74. The van der Waals surface area contributed by atoms with E-state index in [9.17, 15) is 4.79 Å². The fourth-order valence-electron chi connectivity index (χ4n) is 4.00. The maximum absolute atomic E-state index is 12.5. The summed E-state index contributed by atoms with van der Waals surface area (Å²) in [6.45, 7) is 0. The molecule has 2 unspecified atom stereocenters. The van der Waals surface area contributed by atoms with Crippen molar-refractivity contribution in [2.24, 2.45) is 5.92 Å². The molecule has 2 heterocycles. The van der Waals surface area contributed by atoms with Crippen LogP contribution in [0.2, 0.25) is 0 Å². The number of benzene rings is 1. The van der Waals surface area contributed by atoms with Crippen LogP contribution in [0.3, 0.4) is 0 Å². The van der Waals surface area contributed by atoms with Crippen molar-refractivity contribution in [1.29, 1.82) is 5.41 Å². The average molecular weight is 300 g/mol. The minimum Gasteiger partial charge on any atom is -0.399 e. The van der Waals surface area contributed by atoms with Crippen molar-refractivity contribution >= 4 is 22.9 Å². The Morgan fingerprint density at radius 2 is 1.91 bits per heavy atom. The Bertz CT molecular complexity index is 599. The molecule has 2 fully saturated rings. The molecule has 2 bridgehead atoms. The molecule has 2 aliphatic heterocycles. The van der Waals surface area contributed by atoms with Crippen molar-refractivity contribution in [2.45, 2.75) is 44.2 Å². The monoisotopic (exact) mass is 300 g/mol. The number of nitrogens with one attached hydrogen (secondary N) is 1. The molecule has 0 amide bonds. The highest BCUT2D eigenvalue weighted by molar-refractivity contribution is 6.46. The number of rotatable bonds is 4. The van der Waals surface area contributed by atoms with Gasteiger partial charge in [0.1, 0.15) is 5.71 Å². The van der Waals surface area contributed by atoms with Crippen LogP contribution in [0.15, 0.2) is 18.2 Å². The maximum atomic E-state index is 12.5. The number of anilines is 2. The number of Topliss-reactive ketones (excluding diaryl/α,β-unsaturated/α-hetero) is 1. The van der Waals surface area contributed by atoms with Gasteiger partial charge in [0.25, 0.3) is 0 Å². The van der Waals surface area contributed by atoms with Gasteiger partial charge in [0.05, 0.1) is 0 Å². The zero-order valence-electron chi connectivity index (χ0n) is 13.0. The zero-order valence-corrected chi connectivity index (χ0v) is 13.0. The number of carbonyl (C=O) groups is 1. The Kier molecular flexibility index (Phi) is 3.91. The normalized spacial score (nSPS) is 27.8.